The molecule has 0 aliphatic carbocycles. The summed E-state index contributed by atoms with van der Waals surface area (Å²) in [4.78, 5) is 8.18. The SMILES string of the molecule is COc1cc(-c2cc(C)nc(Cl)n2)ccc1Cl. The second-order valence-corrected chi connectivity index (χ2v) is 4.26. The van der Waals surface area contributed by atoms with E-state index in [1.807, 2.05) is 25.1 Å². The summed E-state index contributed by atoms with van der Waals surface area (Å²) in [6, 6.07) is 7.30. The first-order valence-electron chi connectivity index (χ1n) is 4.95. The predicted octanol–water partition coefficient (Wildman–Crippen LogP) is 3.77. The molecule has 1 aromatic heterocycles. The van der Waals surface area contributed by atoms with E-state index in [0.717, 1.165) is 17.0 Å². The van der Waals surface area contributed by atoms with Crippen molar-refractivity contribution in [2.45, 2.75) is 6.92 Å². The van der Waals surface area contributed by atoms with E-state index in [-0.39, 0.29) is 5.28 Å². The smallest absolute Gasteiger partial charge is 0.223 e. The van der Waals surface area contributed by atoms with E-state index in [9.17, 15) is 0 Å². The molecule has 2 aromatic rings. The summed E-state index contributed by atoms with van der Waals surface area (Å²) in [7, 11) is 1.57. The molecule has 3 nitrogen and oxygen atoms in total. The average molecular weight is 269 g/mol. The standard InChI is InChI=1S/C12H10Cl2N2O/c1-7-5-10(16-12(14)15-7)8-3-4-9(13)11(6-8)17-2/h3-6H,1-2H3. The van der Waals surface area contributed by atoms with Gasteiger partial charge in [0.1, 0.15) is 5.75 Å². The van der Waals surface area contributed by atoms with Crippen LogP contribution >= 0.6 is 23.2 Å². The normalized spacial score (nSPS) is 10.4. The molecule has 5 heteroatoms. The fourth-order valence-electron chi connectivity index (χ4n) is 1.50. The van der Waals surface area contributed by atoms with Crippen LogP contribution in [0.3, 0.4) is 0 Å². The summed E-state index contributed by atoms with van der Waals surface area (Å²) in [5.41, 5.74) is 2.45. The van der Waals surface area contributed by atoms with Crippen LogP contribution in [0.25, 0.3) is 11.3 Å². The van der Waals surface area contributed by atoms with Crippen LogP contribution in [0.4, 0.5) is 0 Å². The highest BCUT2D eigenvalue weighted by molar-refractivity contribution is 6.32. The van der Waals surface area contributed by atoms with Gasteiger partial charge >= 0.3 is 0 Å². The van der Waals surface area contributed by atoms with Crippen molar-refractivity contribution in [3.63, 3.8) is 0 Å². The Labute approximate surface area is 109 Å². The molecule has 0 saturated heterocycles. The molecule has 0 bridgehead atoms. The van der Waals surface area contributed by atoms with Gasteiger partial charge in [-0.1, -0.05) is 17.7 Å². The monoisotopic (exact) mass is 268 g/mol. The van der Waals surface area contributed by atoms with Crippen LogP contribution in [0.1, 0.15) is 5.69 Å². The lowest BCUT2D eigenvalue weighted by Gasteiger charge is -2.07. The number of rotatable bonds is 2. The van der Waals surface area contributed by atoms with E-state index in [1.165, 1.54) is 0 Å². The summed E-state index contributed by atoms with van der Waals surface area (Å²) in [5, 5.41) is 0.794. The summed E-state index contributed by atoms with van der Waals surface area (Å²) in [6.45, 7) is 1.87. The first-order valence-corrected chi connectivity index (χ1v) is 5.71. The number of nitrogens with zero attached hydrogens (tertiary/aromatic N) is 2. The third-order valence-corrected chi connectivity index (χ3v) is 2.76. The zero-order chi connectivity index (χ0) is 12.4. The van der Waals surface area contributed by atoms with Crippen molar-refractivity contribution in [2.24, 2.45) is 0 Å². The zero-order valence-corrected chi connectivity index (χ0v) is 10.9. The van der Waals surface area contributed by atoms with E-state index in [1.54, 1.807) is 13.2 Å². The van der Waals surface area contributed by atoms with Gasteiger partial charge in [0.2, 0.25) is 5.28 Å². The number of methoxy groups -OCH3 is 1. The highest BCUT2D eigenvalue weighted by Gasteiger charge is 2.07. The van der Waals surface area contributed by atoms with Crippen molar-refractivity contribution in [1.82, 2.24) is 9.97 Å². The molecule has 0 aliphatic heterocycles. The maximum atomic E-state index is 5.96. The predicted molar refractivity (Wildman–Crippen MR) is 68.8 cm³/mol. The number of hydrogen-bond acceptors (Lipinski definition) is 3. The van der Waals surface area contributed by atoms with E-state index in [4.69, 9.17) is 27.9 Å². The van der Waals surface area contributed by atoms with Crippen LogP contribution < -0.4 is 4.74 Å². The van der Waals surface area contributed by atoms with Gasteiger partial charge in [0.15, 0.2) is 0 Å². The summed E-state index contributed by atoms with van der Waals surface area (Å²) < 4.78 is 5.16. The summed E-state index contributed by atoms with van der Waals surface area (Å²) >= 11 is 11.8. The minimum atomic E-state index is 0.230. The summed E-state index contributed by atoms with van der Waals surface area (Å²) in [5.74, 6) is 0.608. The Bertz CT molecular complexity index is 538. The van der Waals surface area contributed by atoms with Crippen molar-refractivity contribution in [2.75, 3.05) is 7.11 Å². The fraction of sp³-hybridized carbons (Fsp3) is 0.167. The fourth-order valence-corrected chi connectivity index (χ4v) is 1.92. The minimum absolute atomic E-state index is 0.230. The van der Waals surface area contributed by atoms with Crippen molar-refractivity contribution in [1.29, 1.82) is 0 Å². The molecule has 0 aliphatic rings. The zero-order valence-electron chi connectivity index (χ0n) is 9.37. The second-order valence-electron chi connectivity index (χ2n) is 3.51. The third kappa shape index (κ3) is 2.68. The Hall–Kier alpha value is -1.32. The molecule has 0 N–H and O–H groups in total. The molecule has 0 amide bonds. The molecule has 88 valence electrons. The molecule has 0 fully saturated rings. The van der Waals surface area contributed by atoms with Gasteiger partial charge in [-0.15, -0.1) is 0 Å². The van der Waals surface area contributed by atoms with Crippen molar-refractivity contribution in [3.8, 4) is 17.0 Å². The van der Waals surface area contributed by atoms with Gasteiger partial charge in [0.25, 0.3) is 0 Å². The van der Waals surface area contributed by atoms with E-state index in [2.05, 4.69) is 9.97 Å². The van der Waals surface area contributed by atoms with Crippen LogP contribution in [0.15, 0.2) is 24.3 Å². The molecule has 1 aromatic carbocycles. The number of aromatic nitrogens is 2. The van der Waals surface area contributed by atoms with Gasteiger partial charge in [-0.2, -0.15) is 0 Å². The molecule has 2 rings (SSSR count). The number of hydrogen-bond donors (Lipinski definition) is 0. The van der Waals surface area contributed by atoms with Gasteiger partial charge in [-0.25, -0.2) is 9.97 Å². The van der Waals surface area contributed by atoms with Gasteiger partial charge in [0.05, 0.1) is 17.8 Å². The Balaban J connectivity index is 2.52. The Morgan fingerprint density at radius 2 is 1.88 bits per heavy atom. The van der Waals surface area contributed by atoms with Crippen molar-refractivity contribution >= 4 is 23.2 Å². The lowest BCUT2D eigenvalue weighted by atomic mass is 10.1. The van der Waals surface area contributed by atoms with Crippen molar-refractivity contribution in [3.05, 3.63) is 40.3 Å². The summed E-state index contributed by atoms with van der Waals surface area (Å²) in [6.07, 6.45) is 0. The van der Waals surface area contributed by atoms with Gasteiger partial charge in [-0.3, -0.25) is 0 Å². The molecular formula is C12H10Cl2N2O. The first kappa shape index (κ1) is 12.1. The van der Waals surface area contributed by atoms with Gasteiger partial charge in [0, 0.05) is 11.3 Å². The third-order valence-electron chi connectivity index (χ3n) is 2.27. The first-order chi connectivity index (χ1) is 8.10. The quantitative estimate of drug-likeness (QED) is 0.778. The van der Waals surface area contributed by atoms with Gasteiger partial charge in [-0.05, 0) is 36.7 Å². The van der Waals surface area contributed by atoms with E-state index < -0.39 is 0 Å². The van der Waals surface area contributed by atoms with Crippen molar-refractivity contribution < 1.29 is 4.74 Å². The topological polar surface area (TPSA) is 35.0 Å². The lowest BCUT2D eigenvalue weighted by molar-refractivity contribution is 0.415. The highest BCUT2D eigenvalue weighted by Crippen LogP contribution is 2.29. The Kier molecular flexibility index (Phi) is 3.50. The molecule has 0 spiro atoms. The molecular weight excluding hydrogens is 259 g/mol. The van der Waals surface area contributed by atoms with Crippen LogP contribution in [-0.2, 0) is 0 Å². The highest BCUT2D eigenvalue weighted by atomic mass is 35.5. The maximum absolute atomic E-state index is 5.96. The number of halogens is 2. The van der Waals surface area contributed by atoms with Crippen LogP contribution in [-0.4, -0.2) is 17.1 Å². The van der Waals surface area contributed by atoms with E-state index >= 15 is 0 Å². The lowest BCUT2D eigenvalue weighted by Crippen LogP contribution is -1.92. The van der Waals surface area contributed by atoms with Gasteiger partial charge < -0.3 is 4.74 Å². The second kappa shape index (κ2) is 4.90. The molecule has 0 saturated carbocycles. The Morgan fingerprint density at radius 1 is 1.12 bits per heavy atom. The van der Waals surface area contributed by atoms with Crippen LogP contribution in [0.5, 0.6) is 5.75 Å². The number of ether oxygens (including phenoxy) is 1. The molecule has 0 unspecified atom stereocenters. The minimum Gasteiger partial charge on any atom is -0.495 e. The van der Waals surface area contributed by atoms with E-state index in [0.29, 0.717) is 10.8 Å². The van der Waals surface area contributed by atoms with Crippen LogP contribution in [0, 0.1) is 6.92 Å². The molecule has 0 radical (unpaired) electrons. The maximum Gasteiger partial charge on any atom is 0.223 e. The number of aryl methyl sites for hydroxylation is 1. The Morgan fingerprint density at radius 3 is 2.53 bits per heavy atom. The largest absolute Gasteiger partial charge is 0.495 e. The molecule has 1 heterocycles. The molecule has 0 atom stereocenters. The molecule has 17 heavy (non-hydrogen) atoms. The number of benzene rings is 1. The average Bonchev–Trinajstić information content (AvgIpc) is 2.28. The van der Waals surface area contributed by atoms with Crippen LogP contribution in [0.2, 0.25) is 10.3 Å².